The van der Waals surface area contributed by atoms with Crippen molar-refractivity contribution in [2.45, 2.75) is 25.5 Å². The van der Waals surface area contributed by atoms with Crippen molar-refractivity contribution in [3.63, 3.8) is 0 Å². The van der Waals surface area contributed by atoms with Crippen LogP contribution in [0.4, 0.5) is 4.39 Å². The standard InChI is InChI=1S/C15H15FO2S/c1-15(2,3)19-18-14-7-10(9-17)6-11-8-12(16)4-5-13(11)14/h4-9H,1-3H3. The third-order valence-corrected chi connectivity index (χ3v) is 3.18. The van der Waals surface area contributed by atoms with E-state index in [1.54, 1.807) is 18.2 Å². The first-order valence-corrected chi connectivity index (χ1v) is 6.67. The molecule has 0 aliphatic carbocycles. The van der Waals surface area contributed by atoms with E-state index in [0.29, 0.717) is 16.7 Å². The summed E-state index contributed by atoms with van der Waals surface area (Å²) in [5.41, 5.74) is 0.475. The Bertz CT molecular complexity index is 617. The van der Waals surface area contributed by atoms with Crippen LogP contribution >= 0.6 is 12.0 Å². The van der Waals surface area contributed by atoms with Crippen LogP contribution in [0.2, 0.25) is 0 Å². The summed E-state index contributed by atoms with van der Waals surface area (Å²) in [6, 6.07) is 7.78. The number of aldehydes is 1. The van der Waals surface area contributed by atoms with Gasteiger partial charge in [0.1, 0.15) is 17.9 Å². The Labute approximate surface area is 116 Å². The summed E-state index contributed by atoms with van der Waals surface area (Å²) in [4.78, 5) is 10.9. The van der Waals surface area contributed by atoms with E-state index >= 15 is 0 Å². The minimum Gasteiger partial charge on any atom is -0.425 e. The summed E-state index contributed by atoms with van der Waals surface area (Å²) >= 11 is 1.32. The van der Waals surface area contributed by atoms with Crippen molar-refractivity contribution in [1.29, 1.82) is 0 Å². The van der Waals surface area contributed by atoms with Crippen molar-refractivity contribution in [3.05, 3.63) is 41.7 Å². The maximum atomic E-state index is 13.2. The highest BCUT2D eigenvalue weighted by atomic mass is 32.2. The second-order valence-corrected chi connectivity index (χ2v) is 6.84. The second kappa shape index (κ2) is 5.21. The number of hydrogen-bond donors (Lipinski definition) is 0. The summed E-state index contributed by atoms with van der Waals surface area (Å²) in [6.07, 6.45) is 0.735. The predicted octanol–water partition coefficient (Wildman–Crippen LogP) is 4.62. The van der Waals surface area contributed by atoms with Gasteiger partial charge in [0, 0.05) is 15.7 Å². The van der Waals surface area contributed by atoms with Crippen LogP contribution in [0.3, 0.4) is 0 Å². The van der Waals surface area contributed by atoms with Crippen LogP contribution in [0.15, 0.2) is 30.3 Å². The molecule has 2 aromatic carbocycles. The van der Waals surface area contributed by atoms with Crippen molar-refractivity contribution < 1.29 is 13.4 Å². The van der Waals surface area contributed by atoms with E-state index in [9.17, 15) is 9.18 Å². The largest absolute Gasteiger partial charge is 0.425 e. The lowest BCUT2D eigenvalue weighted by Gasteiger charge is -2.17. The summed E-state index contributed by atoms with van der Waals surface area (Å²) in [5, 5.41) is 1.46. The number of benzene rings is 2. The monoisotopic (exact) mass is 278 g/mol. The molecule has 0 spiro atoms. The molecule has 0 atom stereocenters. The molecule has 0 heterocycles. The first kappa shape index (κ1) is 13.9. The van der Waals surface area contributed by atoms with Crippen LogP contribution in [0.25, 0.3) is 10.8 Å². The third kappa shape index (κ3) is 3.47. The van der Waals surface area contributed by atoms with Crippen molar-refractivity contribution in [2.75, 3.05) is 0 Å². The molecular formula is C15H15FO2S. The fourth-order valence-electron chi connectivity index (χ4n) is 1.63. The van der Waals surface area contributed by atoms with Crippen LogP contribution in [-0.2, 0) is 0 Å². The molecule has 0 N–H and O–H groups in total. The minimum atomic E-state index is -0.329. The molecule has 0 saturated heterocycles. The zero-order chi connectivity index (χ0) is 14.0. The van der Waals surface area contributed by atoms with Gasteiger partial charge in [-0.3, -0.25) is 4.79 Å². The maximum absolute atomic E-state index is 13.2. The maximum Gasteiger partial charge on any atom is 0.150 e. The Morgan fingerprint density at radius 2 is 1.95 bits per heavy atom. The van der Waals surface area contributed by atoms with Gasteiger partial charge in [0.15, 0.2) is 0 Å². The molecule has 0 radical (unpaired) electrons. The van der Waals surface area contributed by atoms with E-state index in [4.69, 9.17) is 4.18 Å². The van der Waals surface area contributed by atoms with E-state index in [0.717, 1.165) is 11.7 Å². The molecule has 19 heavy (non-hydrogen) atoms. The zero-order valence-electron chi connectivity index (χ0n) is 11.1. The van der Waals surface area contributed by atoms with Gasteiger partial charge in [-0.2, -0.15) is 0 Å². The van der Waals surface area contributed by atoms with Gasteiger partial charge in [-0.25, -0.2) is 4.39 Å². The average Bonchev–Trinajstić information content (AvgIpc) is 2.34. The molecule has 0 amide bonds. The molecular weight excluding hydrogens is 263 g/mol. The first-order valence-electron chi connectivity index (χ1n) is 5.93. The number of carbonyl (C=O) groups excluding carboxylic acids is 1. The smallest absolute Gasteiger partial charge is 0.150 e. The molecule has 4 heteroatoms. The van der Waals surface area contributed by atoms with Gasteiger partial charge in [0.2, 0.25) is 0 Å². The van der Waals surface area contributed by atoms with Gasteiger partial charge in [-0.1, -0.05) is 0 Å². The number of fused-ring (bicyclic) bond motifs is 1. The van der Waals surface area contributed by atoms with Crippen molar-refractivity contribution >= 4 is 29.1 Å². The normalized spacial score (nSPS) is 11.6. The Hall–Kier alpha value is -1.55. The second-order valence-electron chi connectivity index (χ2n) is 5.28. The minimum absolute atomic E-state index is 0.0659. The molecule has 2 nitrogen and oxygen atoms in total. The van der Waals surface area contributed by atoms with Gasteiger partial charge in [-0.05, 0) is 56.5 Å². The molecule has 0 aliphatic rings. The summed E-state index contributed by atoms with van der Waals surface area (Å²) < 4.78 is 18.9. The van der Waals surface area contributed by atoms with E-state index in [1.807, 2.05) is 20.8 Å². The van der Waals surface area contributed by atoms with E-state index in [1.165, 1.54) is 24.2 Å². The third-order valence-electron chi connectivity index (χ3n) is 2.42. The van der Waals surface area contributed by atoms with Crippen molar-refractivity contribution in [2.24, 2.45) is 0 Å². The van der Waals surface area contributed by atoms with Gasteiger partial charge < -0.3 is 4.18 Å². The lowest BCUT2D eigenvalue weighted by Crippen LogP contribution is -2.09. The summed E-state index contributed by atoms with van der Waals surface area (Å²) in [6.45, 7) is 6.09. The highest BCUT2D eigenvalue weighted by Crippen LogP contribution is 2.33. The van der Waals surface area contributed by atoms with E-state index in [2.05, 4.69) is 0 Å². The van der Waals surface area contributed by atoms with E-state index < -0.39 is 0 Å². The van der Waals surface area contributed by atoms with Crippen molar-refractivity contribution in [1.82, 2.24) is 0 Å². The van der Waals surface area contributed by atoms with Crippen LogP contribution in [-0.4, -0.2) is 11.0 Å². The number of halogens is 1. The fourth-order valence-corrected chi connectivity index (χ4v) is 2.11. The number of carbonyl (C=O) groups is 1. The van der Waals surface area contributed by atoms with Crippen LogP contribution < -0.4 is 4.18 Å². The Kier molecular flexibility index (Phi) is 3.80. The first-order chi connectivity index (χ1) is 8.89. The van der Waals surface area contributed by atoms with Crippen LogP contribution in [0.5, 0.6) is 5.75 Å². The van der Waals surface area contributed by atoms with Crippen LogP contribution in [0.1, 0.15) is 31.1 Å². The SMILES string of the molecule is CC(C)(C)SOc1cc(C=O)cc2cc(F)ccc12. The Morgan fingerprint density at radius 3 is 2.58 bits per heavy atom. The van der Waals surface area contributed by atoms with Crippen molar-refractivity contribution in [3.8, 4) is 5.75 Å². The molecule has 0 saturated carbocycles. The number of hydrogen-bond acceptors (Lipinski definition) is 3. The Balaban J connectivity index is 2.48. The van der Waals surface area contributed by atoms with Gasteiger partial charge in [-0.15, -0.1) is 0 Å². The lowest BCUT2D eigenvalue weighted by molar-refractivity contribution is 0.112. The summed E-state index contributed by atoms with van der Waals surface area (Å²) in [5.74, 6) is 0.254. The number of rotatable bonds is 3. The van der Waals surface area contributed by atoms with E-state index in [-0.39, 0.29) is 10.6 Å². The fraction of sp³-hybridized carbons (Fsp3) is 0.267. The lowest BCUT2D eigenvalue weighted by atomic mass is 10.1. The zero-order valence-corrected chi connectivity index (χ0v) is 11.9. The molecule has 0 bridgehead atoms. The predicted molar refractivity (Wildman–Crippen MR) is 77.3 cm³/mol. The van der Waals surface area contributed by atoms with Gasteiger partial charge in [0.05, 0.1) is 12.0 Å². The molecule has 0 aromatic heterocycles. The Morgan fingerprint density at radius 1 is 1.21 bits per heavy atom. The molecule has 2 aromatic rings. The van der Waals surface area contributed by atoms with Gasteiger partial charge in [0.25, 0.3) is 0 Å². The quantitative estimate of drug-likeness (QED) is 0.605. The molecule has 0 aliphatic heterocycles. The molecule has 100 valence electrons. The molecule has 0 unspecified atom stereocenters. The average molecular weight is 278 g/mol. The molecule has 0 fully saturated rings. The molecule has 2 rings (SSSR count). The van der Waals surface area contributed by atoms with Gasteiger partial charge >= 0.3 is 0 Å². The highest BCUT2D eigenvalue weighted by Gasteiger charge is 2.15. The van der Waals surface area contributed by atoms with Crippen LogP contribution in [0, 0.1) is 5.82 Å². The topological polar surface area (TPSA) is 26.3 Å². The highest BCUT2D eigenvalue weighted by molar-refractivity contribution is 7.96. The summed E-state index contributed by atoms with van der Waals surface area (Å²) in [7, 11) is 0.